The van der Waals surface area contributed by atoms with Crippen molar-refractivity contribution in [3.05, 3.63) is 35.9 Å². The number of likely N-dealkylation sites (tertiary alicyclic amines) is 1. The van der Waals surface area contributed by atoms with Gasteiger partial charge in [0.1, 0.15) is 6.04 Å². The van der Waals surface area contributed by atoms with Gasteiger partial charge < -0.3 is 10.6 Å². The molecule has 6 heteroatoms. The lowest BCUT2D eigenvalue weighted by Crippen LogP contribution is -2.52. The average molecular weight is 347 g/mol. The van der Waals surface area contributed by atoms with E-state index in [0.29, 0.717) is 12.2 Å². The lowest BCUT2D eigenvalue weighted by molar-refractivity contribution is -0.128. The summed E-state index contributed by atoms with van der Waals surface area (Å²) in [6.45, 7) is 2.95. The van der Waals surface area contributed by atoms with Crippen LogP contribution in [0.2, 0.25) is 0 Å². The van der Waals surface area contributed by atoms with Gasteiger partial charge in [-0.05, 0) is 18.4 Å². The summed E-state index contributed by atoms with van der Waals surface area (Å²) in [6, 6.07) is 10.3. The van der Waals surface area contributed by atoms with Crippen LogP contribution >= 0.6 is 11.8 Å². The number of rotatable bonds is 4. The van der Waals surface area contributed by atoms with E-state index in [9.17, 15) is 9.59 Å². The summed E-state index contributed by atoms with van der Waals surface area (Å²) in [4.78, 5) is 26.4. The highest BCUT2D eigenvalue weighted by Gasteiger charge is 2.27. The monoisotopic (exact) mass is 347 g/mol. The molecular formula is C18H25N3O2S. The van der Waals surface area contributed by atoms with Crippen molar-refractivity contribution in [1.82, 2.24) is 15.5 Å². The lowest BCUT2D eigenvalue weighted by Gasteiger charge is -2.33. The molecule has 5 nitrogen and oxygen atoms in total. The van der Waals surface area contributed by atoms with E-state index in [-0.39, 0.29) is 23.9 Å². The second-order valence-corrected chi connectivity index (χ2v) is 7.64. The van der Waals surface area contributed by atoms with Crippen LogP contribution in [0.25, 0.3) is 0 Å². The van der Waals surface area contributed by atoms with Crippen molar-refractivity contribution in [2.75, 3.05) is 24.6 Å². The van der Waals surface area contributed by atoms with Crippen molar-refractivity contribution in [1.29, 1.82) is 0 Å². The maximum atomic E-state index is 12.4. The van der Waals surface area contributed by atoms with Crippen molar-refractivity contribution in [2.45, 2.75) is 37.9 Å². The minimum absolute atomic E-state index is 0.0159. The third-order valence-corrected chi connectivity index (χ3v) is 5.65. The molecule has 2 fully saturated rings. The fourth-order valence-electron chi connectivity index (χ4n) is 3.19. The Kier molecular flexibility index (Phi) is 6.15. The van der Waals surface area contributed by atoms with E-state index >= 15 is 0 Å². The Morgan fingerprint density at radius 1 is 1.25 bits per heavy atom. The maximum Gasteiger partial charge on any atom is 0.243 e. The molecule has 1 aromatic rings. The third-order valence-electron chi connectivity index (χ3n) is 4.59. The maximum absolute atomic E-state index is 12.4. The normalized spacial score (nSPS) is 23.3. The largest absolute Gasteiger partial charge is 0.351 e. The van der Waals surface area contributed by atoms with Crippen LogP contribution in [0.5, 0.6) is 0 Å². The van der Waals surface area contributed by atoms with Crippen molar-refractivity contribution >= 4 is 23.6 Å². The first-order valence-corrected chi connectivity index (χ1v) is 9.80. The average Bonchev–Trinajstić information content (AvgIpc) is 2.82. The third kappa shape index (κ3) is 4.98. The van der Waals surface area contributed by atoms with E-state index in [1.165, 1.54) is 5.56 Å². The topological polar surface area (TPSA) is 61.4 Å². The van der Waals surface area contributed by atoms with Crippen LogP contribution in [0.15, 0.2) is 30.3 Å². The Bertz CT molecular complexity index is 559. The fourth-order valence-corrected chi connectivity index (χ4v) is 4.16. The molecule has 0 unspecified atom stereocenters. The molecule has 2 N–H and O–H groups in total. The molecule has 0 aromatic heterocycles. The first-order valence-electron chi connectivity index (χ1n) is 8.64. The molecule has 0 aliphatic carbocycles. The quantitative estimate of drug-likeness (QED) is 0.864. The van der Waals surface area contributed by atoms with Gasteiger partial charge in [0.2, 0.25) is 11.8 Å². The molecule has 2 aliphatic rings. The molecule has 130 valence electrons. The number of nitrogens with one attached hydrogen (secondary N) is 2. The summed E-state index contributed by atoms with van der Waals surface area (Å²) < 4.78 is 0. The molecule has 1 atom stereocenters. The zero-order valence-corrected chi connectivity index (χ0v) is 14.7. The number of piperidine rings is 1. The highest BCUT2D eigenvalue weighted by Crippen LogP contribution is 2.15. The second-order valence-electron chi connectivity index (χ2n) is 6.49. The highest BCUT2D eigenvalue weighted by molar-refractivity contribution is 7.99. The molecule has 0 radical (unpaired) electrons. The molecule has 0 saturated carbocycles. The summed E-state index contributed by atoms with van der Waals surface area (Å²) in [7, 11) is 0. The second kappa shape index (κ2) is 8.53. The number of hydrogen-bond donors (Lipinski definition) is 2. The van der Waals surface area contributed by atoms with Crippen LogP contribution < -0.4 is 10.6 Å². The minimum Gasteiger partial charge on any atom is -0.351 e. The van der Waals surface area contributed by atoms with Gasteiger partial charge in [-0.1, -0.05) is 30.3 Å². The number of carbonyl (C=O) groups excluding carboxylic acids is 2. The predicted molar refractivity (Wildman–Crippen MR) is 96.8 cm³/mol. The van der Waals surface area contributed by atoms with Crippen molar-refractivity contribution in [3.63, 3.8) is 0 Å². The SMILES string of the molecule is O=C1CCSC[C@@H](C(=O)NC2CCN(Cc3ccccc3)CC2)N1. The van der Waals surface area contributed by atoms with Crippen molar-refractivity contribution < 1.29 is 9.59 Å². The molecular weight excluding hydrogens is 322 g/mol. The first-order chi connectivity index (χ1) is 11.7. The molecule has 2 amide bonds. The molecule has 2 heterocycles. The van der Waals surface area contributed by atoms with Crippen LogP contribution in [-0.2, 0) is 16.1 Å². The van der Waals surface area contributed by atoms with Crippen molar-refractivity contribution in [2.24, 2.45) is 0 Å². The Morgan fingerprint density at radius 2 is 2.00 bits per heavy atom. The smallest absolute Gasteiger partial charge is 0.243 e. The van der Waals surface area contributed by atoms with Crippen LogP contribution in [0.4, 0.5) is 0 Å². The Hall–Kier alpha value is -1.53. The van der Waals surface area contributed by atoms with Gasteiger partial charge in [-0.25, -0.2) is 0 Å². The number of amides is 2. The summed E-state index contributed by atoms with van der Waals surface area (Å²) in [5.74, 6) is 1.43. The Balaban J connectivity index is 1.43. The summed E-state index contributed by atoms with van der Waals surface area (Å²) >= 11 is 1.67. The van der Waals surface area contributed by atoms with E-state index in [0.717, 1.165) is 38.2 Å². The van der Waals surface area contributed by atoms with E-state index in [1.54, 1.807) is 11.8 Å². The number of benzene rings is 1. The Morgan fingerprint density at radius 3 is 2.75 bits per heavy atom. The number of nitrogens with zero attached hydrogens (tertiary/aromatic N) is 1. The van der Waals surface area contributed by atoms with Gasteiger partial charge in [0.15, 0.2) is 0 Å². The number of carbonyl (C=O) groups is 2. The highest BCUT2D eigenvalue weighted by atomic mass is 32.2. The van der Waals surface area contributed by atoms with Crippen LogP contribution in [0, 0.1) is 0 Å². The minimum atomic E-state index is -0.382. The zero-order valence-electron chi connectivity index (χ0n) is 13.9. The summed E-state index contributed by atoms with van der Waals surface area (Å²) in [5, 5.41) is 5.96. The molecule has 1 aromatic carbocycles. The summed E-state index contributed by atoms with van der Waals surface area (Å²) in [5.41, 5.74) is 1.33. The predicted octanol–water partition coefficient (Wildman–Crippen LogP) is 1.39. The zero-order chi connectivity index (χ0) is 16.8. The standard InChI is InChI=1S/C18H25N3O2S/c22-17-8-11-24-13-16(20-17)18(23)19-15-6-9-21(10-7-15)12-14-4-2-1-3-5-14/h1-5,15-16H,6-13H2,(H,19,23)(H,20,22)/t16-/m0/s1. The van der Waals surface area contributed by atoms with Gasteiger partial charge in [0, 0.05) is 43.6 Å². The molecule has 2 aliphatic heterocycles. The molecule has 24 heavy (non-hydrogen) atoms. The van der Waals surface area contributed by atoms with E-state index < -0.39 is 0 Å². The van der Waals surface area contributed by atoms with E-state index in [1.807, 2.05) is 6.07 Å². The van der Waals surface area contributed by atoms with Gasteiger partial charge in [0.25, 0.3) is 0 Å². The Labute approximate surface area is 147 Å². The van der Waals surface area contributed by atoms with Gasteiger partial charge in [-0.2, -0.15) is 11.8 Å². The van der Waals surface area contributed by atoms with Gasteiger partial charge in [0.05, 0.1) is 0 Å². The van der Waals surface area contributed by atoms with Gasteiger partial charge >= 0.3 is 0 Å². The van der Waals surface area contributed by atoms with Crippen LogP contribution in [-0.4, -0.2) is 53.4 Å². The molecule has 0 bridgehead atoms. The first kappa shape index (κ1) is 17.3. The molecule has 2 saturated heterocycles. The molecule has 3 rings (SSSR count). The summed E-state index contributed by atoms with van der Waals surface area (Å²) in [6.07, 6.45) is 2.44. The van der Waals surface area contributed by atoms with Crippen molar-refractivity contribution in [3.8, 4) is 0 Å². The van der Waals surface area contributed by atoms with Gasteiger partial charge in [-0.3, -0.25) is 14.5 Å². The van der Waals surface area contributed by atoms with Gasteiger partial charge in [-0.15, -0.1) is 0 Å². The van der Waals surface area contributed by atoms with E-state index in [2.05, 4.69) is 39.8 Å². The van der Waals surface area contributed by atoms with Crippen LogP contribution in [0.3, 0.4) is 0 Å². The number of hydrogen-bond acceptors (Lipinski definition) is 4. The van der Waals surface area contributed by atoms with Crippen LogP contribution in [0.1, 0.15) is 24.8 Å². The number of thioether (sulfide) groups is 1. The van der Waals surface area contributed by atoms with E-state index in [4.69, 9.17) is 0 Å². The fraction of sp³-hybridized carbons (Fsp3) is 0.556. The lowest BCUT2D eigenvalue weighted by atomic mass is 10.0. The molecule has 0 spiro atoms.